The Morgan fingerprint density at radius 1 is 0.844 bits per heavy atom. The molecule has 1 unspecified atom stereocenters. The lowest BCUT2D eigenvalue weighted by molar-refractivity contribution is -0.130. The van der Waals surface area contributed by atoms with Crippen molar-refractivity contribution >= 4 is 11.8 Å². The first-order valence-corrected chi connectivity index (χ1v) is 13.3. The summed E-state index contributed by atoms with van der Waals surface area (Å²) in [5.74, 6) is 0.475. The molecular weight excluding hydrogens is 396 g/mol. The standard InChI is InChI=1S/C28H42N2O2.H2/c1-21-13-11-12-20-25(21)28(32)30(24-18-9-4-10-19-24)26(22-14-5-2-6-15-22)27(31)29-23-16-7-3-8-17-23;/h11-13,20,22-24,26H,2-10,14-19H2,1H3,(H,29,31);1H. The molecule has 1 atom stereocenters. The molecule has 3 fully saturated rings. The van der Waals surface area contributed by atoms with Crippen molar-refractivity contribution in [3.63, 3.8) is 0 Å². The fourth-order valence-corrected chi connectivity index (χ4v) is 6.38. The van der Waals surface area contributed by atoms with Crippen LogP contribution in [0.2, 0.25) is 0 Å². The Hall–Kier alpha value is -1.84. The highest BCUT2D eigenvalue weighted by molar-refractivity contribution is 5.99. The van der Waals surface area contributed by atoms with E-state index in [-0.39, 0.29) is 37.3 Å². The van der Waals surface area contributed by atoms with Crippen LogP contribution in [0.3, 0.4) is 0 Å². The second kappa shape index (κ2) is 11.3. The van der Waals surface area contributed by atoms with Gasteiger partial charge in [-0.1, -0.05) is 76.0 Å². The minimum absolute atomic E-state index is 0. The third-order valence-electron chi connectivity index (χ3n) is 8.19. The van der Waals surface area contributed by atoms with Gasteiger partial charge in [0.1, 0.15) is 6.04 Å². The van der Waals surface area contributed by atoms with Crippen LogP contribution < -0.4 is 5.32 Å². The van der Waals surface area contributed by atoms with Crippen molar-refractivity contribution in [2.45, 2.75) is 121 Å². The molecule has 178 valence electrons. The summed E-state index contributed by atoms with van der Waals surface area (Å²) >= 11 is 0. The van der Waals surface area contributed by atoms with Gasteiger partial charge in [-0.25, -0.2) is 0 Å². The van der Waals surface area contributed by atoms with Gasteiger partial charge in [0.25, 0.3) is 5.91 Å². The molecule has 1 aromatic rings. The summed E-state index contributed by atoms with van der Waals surface area (Å²) in [5.41, 5.74) is 1.78. The van der Waals surface area contributed by atoms with Gasteiger partial charge in [-0.3, -0.25) is 9.59 Å². The first-order valence-electron chi connectivity index (χ1n) is 13.3. The molecule has 0 heterocycles. The first-order chi connectivity index (χ1) is 15.6. The minimum atomic E-state index is -0.326. The average molecular weight is 441 g/mol. The first kappa shape index (κ1) is 23.3. The summed E-state index contributed by atoms with van der Waals surface area (Å²) in [4.78, 5) is 30.1. The number of aryl methyl sites for hydroxylation is 1. The van der Waals surface area contributed by atoms with Crippen LogP contribution in [0.4, 0.5) is 0 Å². The molecule has 4 rings (SSSR count). The maximum atomic E-state index is 14.1. The van der Waals surface area contributed by atoms with Crippen molar-refractivity contribution < 1.29 is 11.0 Å². The van der Waals surface area contributed by atoms with Crippen LogP contribution in [0.25, 0.3) is 0 Å². The zero-order valence-corrected chi connectivity index (χ0v) is 20.0. The number of hydrogen-bond acceptors (Lipinski definition) is 2. The molecule has 1 N–H and O–H groups in total. The highest BCUT2D eigenvalue weighted by Gasteiger charge is 2.41. The Kier molecular flexibility index (Phi) is 8.26. The Labute approximate surface area is 196 Å². The normalized spacial score (nSPS) is 22.3. The van der Waals surface area contributed by atoms with E-state index in [4.69, 9.17) is 0 Å². The molecule has 1 aromatic carbocycles. The summed E-state index contributed by atoms with van der Waals surface area (Å²) in [5, 5.41) is 3.42. The highest BCUT2D eigenvalue weighted by atomic mass is 16.2. The van der Waals surface area contributed by atoms with E-state index >= 15 is 0 Å². The molecule has 4 nitrogen and oxygen atoms in total. The average Bonchev–Trinajstić information content (AvgIpc) is 2.84. The molecule has 3 aliphatic rings. The van der Waals surface area contributed by atoms with Crippen LogP contribution in [0.15, 0.2) is 24.3 Å². The molecule has 0 aromatic heterocycles. The van der Waals surface area contributed by atoms with Gasteiger partial charge in [0.15, 0.2) is 0 Å². The summed E-state index contributed by atoms with van der Waals surface area (Å²) in [7, 11) is 0. The number of nitrogens with zero attached hydrogens (tertiary/aromatic N) is 1. The molecule has 2 amide bonds. The molecule has 32 heavy (non-hydrogen) atoms. The van der Waals surface area contributed by atoms with Crippen LogP contribution in [0.5, 0.6) is 0 Å². The lowest BCUT2D eigenvalue weighted by Crippen LogP contribution is -2.59. The highest BCUT2D eigenvalue weighted by Crippen LogP contribution is 2.35. The van der Waals surface area contributed by atoms with E-state index in [0.717, 1.165) is 62.5 Å². The molecular formula is C28H44N2O2. The second-order valence-electron chi connectivity index (χ2n) is 10.5. The van der Waals surface area contributed by atoms with E-state index in [2.05, 4.69) is 10.2 Å². The topological polar surface area (TPSA) is 49.4 Å². The number of amides is 2. The Morgan fingerprint density at radius 3 is 2.03 bits per heavy atom. The van der Waals surface area contributed by atoms with E-state index in [1.54, 1.807) is 0 Å². The molecule has 0 spiro atoms. The Balaban J connectivity index is 0.00000306. The van der Waals surface area contributed by atoms with Crippen LogP contribution in [0.1, 0.15) is 114 Å². The summed E-state index contributed by atoms with van der Waals surface area (Å²) < 4.78 is 0. The van der Waals surface area contributed by atoms with Crippen molar-refractivity contribution in [3.05, 3.63) is 35.4 Å². The van der Waals surface area contributed by atoms with Crippen molar-refractivity contribution in [2.75, 3.05) is 0 Å². The van der Waals surface area contributed by atoms with Gasteiger partial charge in [-0.2, -0.15) is 0 Å². The van der Waals surface area contributed by atoms with Gasteiger partial charge in [-0.05, 0) is 63.0 Å². The third-order valence-corrected chi connectivity index (χ3v) is 8.19. The summed E-state index contributed by atoms with van der Waals surface area (Å²) in [6.45, 7) is 2.02. The van der Waals surface area contributed by atoms with Crippen LogP contribution in [-0.4, -0.2) is 34.8 Å². The molecule has 0 aliphatic heterocycles. The number of rotatable bonds is 6. The maximum absolute atomic E-state index is 14.1. The molecule has 3 saturated carbocycles. The van der Waals surface area contributed by atoms with Crippen LogP contribution in [0, 0.1) is 12.8 Å². The quantitative estimate of drug-likeness (QED) is 0.555. The van der Waals surface area contributed by atoms with Crippen molar-refractivity contribution in [2.24, 2.45) is 5.92 Å². The number of carbonyl (C=O) groups excluding carboxylic acids is 2. The van der Waals surface area contributed by atoms with Crippen molar-refractivity contribution in [1.29, 1.82) is 0 Å². The minimum Gasteiger partial charge on any atom is -0.352 e. The Bertz CT molecular complexity index is 765. The van der Waals surface area contributed by atoms with E-state index in [1.807, 2.05) is 31.2 Å². The fourth-order valence-electron chi connectivity index (χ4n) is 6.38. The van der Waals surface area contributed by atoms with E-state index in [9.17, 15) is 9.59 Å². The van der Waals surface area contributed by atoms with Gasteiger partial charge >= 0.3 is 0 Å². The number of nitrogens with one attached hydrogen (secondary N) is 1. The predicted molar refractivity (Wildman–Crippen MR) is 132 cm³/mol. The predicted octanol–water partition coefficient (Wildman–Crippen LogP) is 6.41. The SMILES string of the molecule is Cc1ccccc1C(=O)N(C1CCCCC1)C(C(=O)NC1CCCCC1)C1CCCCC1.[HH]. The van der Waals surface area contributed by atoms with E-state index < -0.39 is 0 Å². The second-order valence-corrected chi connectivity index (χ2v) is 10.5. The van der Waals surface area contributed by atoms with E-state index in [1.165, 1.54) is 44.9 Å². The summed E-state index contributed by atoms with van der Waals surface area (Å²) in [6, 6.07) is 8.05. The molecule has 0 radical (unpaired) electrons. The zero-order chi connectivity index (χ0) is 22.3. The molecule has 4 heteroatoms. The van der Waals surface area contributed by atoms with Crippen molar-refractivity contribution in [1.82, 2.24) is 10.2 Å². The fraction of sp³-hybridized carbons (Fsp3) is 0.714. The van der Waals surface area contributed by atoms with Gasteiger partial charge in [0, 0.05) is 19.1 Å². The van der Waals surface area contributed by atoms with Crippen LogP contribution >= 0.6 is 0 Å². The molecule has 0 bridgehead atoms. The van der Waals surface area contributed by atoms with Gasteiger partial charge < -0.3 is 10.2 Å². The lowest BCUT2D eigenvalue weighted by atomic mass is 9.80. The van der Waals surface area contributed by atoms with Gasteiger partial charge in [0.05, 0.1) is 0 Å². The number of hydrogen-bond donors (Lipinski definition) is 1. The lowest BCUT2D eigenvalue weighted by Gasteiger charge is -2.44. The molecule has 3 aliphatic carbocycles. The molecule has 0 saturated heterocycles. The Morgan fingerprint density at radius 2 is 1.41 bits per heavy atom. The van der Waals surface area contributed by atoms with Gasteiger partial charge in [0.2, 0.25) is 5.91 Å². The van der Waals surface area contributed by atoms with E-state index in [0.29, 0.717) is 0 Å². The van der Waals surface area contributed by atoms with Crippen molar-refractivity contribution in [3.8, 4) is 0 Å². The zero-order valence-electron chi connectivity index (χ0n) is 20.0. The maximum Gasteiger partial charge on any atom is 0.255 e. The summed E-state index contributed by atoms with van der Waals surface area (Å²) in [6.07, 6.45) is 17.2. The number of benzene rings is 1. The van der Waals surface area contributed by atoms with Gasteiger partial charge in [-0.15, -0.1) is 0 Å². The third kappa shape index (κ3) is 5.55. The van der Waals surface area contributed by atoms with Crippen LogP contribution in [-0.2, 0) is 4.79 Å². The smallest absolute Gasteiger partial charge is 0.255 e. The largest absolute Gasteiger partial charge is 0.352 e. The number of carbonyl (C=O) groups is 2. The monoisotopic (exact) mass is 440 g/mol.